The Hall–Kier alpha value is -2.62. The number of likely N-dealkylation sites (N-methyl/N-ethyl adjacent to an activating group) is 1. The van der Waals surface area contributed by atoms with Gasteiger partial charge in [-0.25, -0.2) is 0 Å². The number of aliphatic hydroxyl groups excluding tert-OH is 2. The molecule has 5 rings (SSSR count). The summed E-state index contributed by atoms with van der Waals surface area (Å²) in [4.78, 5) is 33.7. The van der Waals surface area contributed by atoms with Crippen molar-refractivity contribution >= 4 is 22.7 Å². The van der Waals surface area contributed by atoms with Crippen molar-refractivity contribution in [2.24, 2.45) is 29.6 Å². The number of ether oxygens (including phenoxy) is 5. The van der Waals surface area contributed by atoms with Crippen molar-refractivity contribution in [2.75, 3.05) is 20.7 Å². The molecule has 0 saturated carbocycles. The largest absolute Gasteiger partial charge is 0.388 e. The van der Waals surface area contributed by atoms with Gasteiger partial charge in [-0.15, -0.1) is 0 Å². The number of aromatic amines is 1. The Kier molecular flexibility index (Phi) is 13.8. The molecule has 310 valence electrons. The number of H-pyrrole nitrogens is 1. The van der Waals surface area contributed by atoms with E-state index in [1.54, 1.807) is 39.6 Å². The van der Waals surface area contributed by atoms with Crippen LogP contribution in [0.1, 0.15) is 87.1 Å². The van der Waals surface area contributed by atoms with Crippen molar-refractivity contribution < 1.29 is 48.6 Å². The first-order chi connectivity index (χ1) is 25.8. The van der Waals surface area contributed by atoms with E-state index >= 15 is 0 Å². The van der Waals surface area contributed by atoms with Gasteiger partial charge in [0.05, 0.1) is 41.5 Å². The molecule has 3 fully saturated rings. The van der Waals surface area contributed by atoms with Crippen LogP contribution in [0.15, 0.2) is 30.5 Å². The number of carbonyl (C=O) groups excluding carboxylic acids is 2. The molecule has 0 radical (unpaired) electrons. The zero-order chi connectivity index (χ0) is 40.6. The SMILES string of the molecule is CO[C@]1(C)C[C@H](O[C@H]2[C@H](C)[C@@H](O[C@@H]3O[C@H](C)C[C@H](C(C)C)[C@H]3O)[C@](C)(O)C[C@@H](C)CN(C)C(=O)[C@H](Cc3c[nH]c4ccccc34)NC(=O)[C@@H]2C)O[C@@H](C)[C@@H]1O. The number of aliphatic hydroxyl groups is 3. The van der Waals surface area contributed by atoms with Gasteiger partial charge in [-0.05, 0) is 69.9 Å². The summed E-state index contributed by atoms with van der Waals surface area (Å²) < 4.78 is 31.8. The van der Waals surface area contributed by atoms with Crippen molar-refractivity contribution in [3.63, 3.8) is 0 Å². The van der Waals surface area contributed by atoms with Crippen LogP contribution in [0.5, 0.6) is 0 Å². The maximum Gasteiger partial charge on any atom is 0.245 e. The number of hydrogen-bond acceptors (Lipinski definition) is 10. The van der Waals surface area contributed by atoms with Crippen LogP contribution in [0.4, 0.5) is 0 Å². The number of fused-ring (bicyclic) bond motifs is 1. The molecular formula is C42H67N3O10. The van der Waals surface area contributed by atoms with Crippen LogP contribution in [-0.4, -0.2) is 124 Å². The average molecular weight is 774 g/mol. The number of nitrogens with zero attached hydrogens (tertiary/aromatic N) is 1. The molecular weight excluding hydrogens is 706 g/mol. The summed E-state index contributed by atoms with van der Waals surface area (Å²) in [6.45, 7) is 17.2. The quantitative estimate of drug-likeness (QED) is 0.263. The number of nitrogens with one attached hydrogen (secondary N) is 2. The number of amides is 2. The highest BCUT2D eigenvalue weighted by molar-refractivity contribution is 5.90. The lowest BCUT2D eigenvalue weighted by atomic mass is 9.77. The summed E-state index contributed by atoms with van der Waals surface area (Å²) in [5.41, 5.74) is -0.705. The zero-order valence-corrected chi connectivity index (χ0v) is 34.7. The van der Waals surface area contributed by atoms with Crippen LogP contribution in [0, 0.1) is 29.6 Å². The van der Waals surface area contributed by atoms with Gasteiger partial charge in [0.2, 0.25) is 11.8 Å². The van der Waals surface area contributed by atoms with E-state index in [1.165, 1.54) is 7.11 Å². The number of benzene rings is 1. The molecule has 13 heteroatoms. The minimum Gasteiger partial charge on any atom is -0.388 e. The van der Waals surface area contributed by atoms with E-state index in [9.17, 15) is 24.9 Å². The maximum atomic E-state index is 14.6. The second-order valence-electron chi connectivity index (χ2n) is 17.7. The fourth-order valence-corrected chi connectivity index (χ4v) is 9.37. The lowest BCUT2D eigenvalue weighted by molar-refractivity contribution is -0.319. The van der Waals surface area contributed by atoms with Crippen LogP contribution in [0.25, 0.3) is 10.9 Å². The molecule has 2 amide bonds. The Morgan fingerprint density at radius 2 is 1.71 bits per heavy atom. The minimum atomic E-state index is -1.53. The number of carbonyl (C=O) groups is 2. The molecule has 3 saturated heterocycles. The Morgan fingerprint density at radius 1 is 1.02 bits per heavy atom. The first-order valence-electron chi connectivity index (χ1n) is 20.1. The van der Waals surface area contributed by atoms with Gasteiger partial charge < -0.3 is 54.2 Å². The zero-order valence-electron chi connectivity index (χ0n) is 34.7. The van der Waals surface area contributed by atoms with Gasteiger partial charge >= 0.3 is 0 Å². The predicted molar refractivity (Wildman–Crippen MR) is 208 cm³/mol. The van der Waals surface area contributed by atoms with Crippen LogP contribution < -0.4 is 5.32 Å². The second kappa shape index (κ2) is 17.5. The van der Waals surface area contributed by atoms with Crippen molar-refractivity contribution in [1.29, 1.82) is 0 Å². The Morgan fingerprint density at radius 3 is 2.38 bits per heavy atom. The Labute approximate surface area is 326 Å². The first-order valence-corrected chi connectivity index (χ1v) is 20.1. The van der Waals surface area contributed by atoms with Crippen molar-refractivity contribution in [1.82, 2.24) is 15.2 Å². The van der Waals surface area contributed by atoms with Crippen LogP contribution in [-0.2, 0) is 39.7 Å². The third-order valence-electron chi connectivity index (χ3n) is 12.6. The third kappa shape index (κ3) is 9.58. The summed E-state index contributed by atoms with van der Waals surface area (Å²) in [6, 6.07) is 6.94. The van der Waals surface area contributed by atoms with E-state index in [2.05, 4.69) is 24.1 Å². The van der Waals surface area contributed by atoms with Crippen LogP contribution >= 0.6 is 0 Å². The average Bonchev–Trinajstić information content (AvgIpc) is 3.53. The first kappa shape index (κ1) is 43.5. The summed E-state index contributed by atoms with van der Waals surface area (Å²) in [7, 11) is 3.25. The van der Waals surface area contributed by atoms with E-state index in [0.29, 0.717) is 13.0 Å². The lowest BCUT2D eigenvalue weighted by Crippen LogP contribution is -2.60. The number of rotatable bonds is 8. The summed E-state index contributed by atoms with van der Waals surface area (Å²) in [5, 5.41) is 39.1. The number of methoxy groups -OCH3 is 1. The summed E-state index contributed by atoms with van der Waals surface area (Å²) >= 11 is 0. The molecule has 13 nitrogen and oxygen atoms in total. The van der Waals surface area contributed by atoms with Crippen LogP contribution in [0.2, 0.25) is 0 Å². The van der Waals surface area contributed by atoms with Crippen molar-refractivity contribution in [2.45, 2.75) is 154 Å². The van der Waals surface area contributed by atoms with E-state index < -0.39 is 78.1 Å². The summed E-state index contributed by atoms with van der Waals surface area (Å²) in [6.07, 6.45) is -3.44. The van der Waals surface area contributed by atoms with Gasteiger partial charge in [0, 0.05) is 56.6 Å². The monoisotopic (exact) mass is 773 g/mol. The predicted octanol–water partition coefficient (Wildman–Crippen LogP) is 4.16. The highest BCUT2D eigenvalue weighted by atomic mass is 16.7. The van der Waals surface area contributed by atoms with Gasteiger partial charge in [0.25, 0.3) is 0 Å². The van der Waals surface area contributed by atoms with Crippen molar-refractivity contribution in [3.05, 3.63) is 36.0 Å². The number of para-hydroxylation sites is 1. The third-order valence-corrected chi connectivity index (χ3v) is 12.6. The van der Waals surface area contributed by atoms with Gasteiger partial charge in [-0.2, -0.15) is 0 Å². The molecule has 5 N–H and O–H groups in total. The van der Waals surface area contributed by atoms with Crippen molar-refractivity contribution in [3.8, 4) is 0 Å². The smallest absolute Gasteiger partial charge is 0.245 e. The molecule has 3 aliphatic heterocycles. The highest BCUT2D eigenvalue weighted by Crippen LogP contribution is 2.40. The molecule has 0 spiro atoms. The van der Waals surface area contributed by atoms with Crippen LogP contribution in [0.3, 0.4) is 0 Å². The molecule has 1 aromatic carbocycles. The molecule has 0 aliphatic carbocycles. The van der Waals surface area contributed by atoms with Gasteiger partial charge in [-0.3, -0.25) is 9.59 Å². The molecule has 1 aromatic heterocycles. The molecule has 3 aliphatic rings. The topological polar surface area (TPSA) is 172 Å². The normalized spacial score (nSPS) is 41.4. The van der Waals surface area contributed by atoms with Gasteiger partial charge in [0.1, 0.15) is 18.2 Å². The fourth-order valence-electron chi connectivity index (χ4n) is 9.37. The summed E-state index contributed by atoms with van der Waals surface area (Å²) in [5.74, 6) is -2.39. The van der Waals surface area contributed by atoms with E-state index in [4.69, 9.17) is 23.7 Å². The molecule has 55 heavy (non-hydrogen) atoms. The highest BCUT2D eigenvalue weighted by Gasteiger charge is 2.51. The van der Waals surface area contributed by atoms with E-state index in [1.807, 2.05) is 51.2 Å². The Balaban J connectivity index is 1.56. The fraction of sp³-hybridized carbons (Fsp3) is 0.762. The second-order valence-corrected chi connectivity index (χ2v) is 17.7. The Bertz CT molecular complexity index is 1600. The minimum absolute atomic E-state index is 0.0940. The molecule has 2 aromatic rings. The number of aromatic nitrogens is 1. The molecule has 4 heterocycles. The molecule has 0 bridgehead atoms. The standard InChI is InChI=1S/C42H67N3O10/c1-22(2)30-16-24(4)52-40(34(30)46)55-37-25(5)35(54-33-19-42(9,51-11)36(47)27(7)53-33)26(6)38(48)44-32(17-28-20-43-31-15-13-12-14-29(28)31)39(49)45(10)21-23(3)18-41(37,8)50/h12-15,20,22-27,30,32-37,40,43,46-47,50H,16-19,21H2,1-11H3,(H,44,48)/t23-,24-,25+,26-,27+,30-,32+,33+,34-,35+,36+,37-,40+,41-,42-/m1/s1. The molecule has 15 atom stereocenters. The van der Waals surface area contributed by atoms with E-state index in [-0.39, 0.29) is 49.0 Å². The maximum absolute atomic E-state index is 14.6. The van der Waals surface area contributed by atoms with E-state index in [0.717, 1.165) is 16.5 Å². The van der Waals surface area contributed by atoms with Gasteiger partial charge in [0.15, 0.2) is 12.6 Å². The van der Waals surface area contributed by atoms with Gasteiger partial charge in [-0.1, -0.05) is 52.8 Å². The number of hydrogen-bond donors (Lipinski definition) is 5. The lowest BCUT2D eigenvalue weighted by Gasteiger charge is -2.48. The molecule has 0 unspecified atom stereocenters.